The molecule has 5 atom stereocenters. The van der Waals surface area contributed by atoms with Crippen LogP contribution in [0, 0.1) is 5.92 Å². The fourth-order valence-corrected chi connectivity index (χ4v) is 4.71. The van der Waals surface area contributed by atoms with Gasteiger partial charge in [-0.3, -0.25) is 4.84 Å². The van der Waals surface area contributed by atoms with Gasteiger partial charge in [-0.1, -0.05) is 91.0 Å². The number of hydroxylamine groups is 2. The average molecular weight is 476 g/mol. The second-order valence-electron chi connectivity index (χ2n) is 8.83. The standard InChI is InChI=1S/C28H29NO6/c30-25-23-19-35-29(28(31)34-18-22-14-8-3-9-15-22)24(23)26(32-16-20-10-4-1-5-11-20)27(25)33-17-21-12-6-2-7-13-21/h1-15,23-27,30H,16-19H2/t23-,24+,25+,26+,27-/m0/s1. The van der Waals surface area contributed by atoms with E-state index < -0.39 is 30.4 Å². The number of aliphatic hydroxyl groups excluding tert-OH is 1. The van der Waals surface area contributed by atoms with Gasteiger partial charge in [0.1, 0.15) is 18.8 Å². The minimum atomic E-state index is -0.851. The predicted octanol–water partition coefficient (Wildman–Crippen LogP) is 4.10. The van der Waals surface area contributed by atoms with Gasteiger partial charge in [0, 0.05) is 5.92 Å². The van der Waals surface area contributed by atoms with Gasteiger partial charge in [0.25, 0.3) is 0 Å². The molecule has 1 aliphatic heterocycles. The Labute approximate surface area is 204 Å². The monoisotopic (exact) mass is 475 g/mol. The van der Waals surface area contributed by atoms with Crippen LogP contribution >= 0.6 is 0 Å². The summed E-state index contributed by atoms with van der Waals surface area (Å²) in [5, 5.41) is 12.4. The Hall–Kier alpha value is -3.23. The number of nitrogens with zero attached hydrogens (tertiary/aromatic N) is 1. The van der Waals surface area contributed by atoms with Crippen LogP contribution in [0.5, 0.6) is 0 Å². The van der Waals surface area contributed by atoms with Crippen LogP contribution in [0.25, 0.3) is 0 Å². The van der Waals surface area contributed by atoms with E-state index in [2.05, 4.69) is 0 Å². The van der Waals surface area contributed by atoms with E-state index in [0.29, 0.717) is 13.2 Å². The van der Waals surface area contributed by atoms with Crippen molar-refractivity contribution in [3.8, 4) is 0 Å². The Morgan fingerprint density at radius 2 is 1.26 bits per heavy atom. The van der Waals surface area contributed by atoms with Gasteiger partial charge in [0.05, 0.1) is 32.0 Å². The first kappa shape index (κ1) is 23.5. The van der Waals surface area contributed by atoms with E-state index in [-0.39, 0.29) is 19.1 Å². The van der Waals surface area contributed by atoms with Crippen molar-refractivity contribution < 1.29 is 28.9 Å². The van der Waals surface area contributed by atoms with Crippen LogP contribution in [0.3, 0.4) is 0 Å². The van der Waals surface area contributed by atoms with Gasteiger partial charge >= 0.3 is 6.09 Å². The maximum atomic E-state index is 13.0. The number of hydrogen-bond acceptors (Lipinski definition) is 6. The molecule has 0 unspecified atom stereocenters. The maximum Gasteiger partial charge on any atom is 0.434 e. The molecule has 7 nitrogen and oxygen atoms in total. The first-order valence-corrected chi connectivity index (χ1v) is 11.8. The molecule has 0 bridgehead atoms. The molecule has 1 amide bonds. The molecule has 1 aliphatic carbocycles. The summed E-state index contributed by atoms with van der Waals surface area (Å²) < 4.78 is 18.0. The quantitative estimate of drug-likeness (QED) is 0.529. The molecule has 2 fully saturated rings. The number of ether oxygens (including phenoxy) is 3. The normalized spacial score (nSPS) is 25.4. The summed E-state index contributed by atoms with van der Waals surface area (Å²) in [7, 11) is 0. The minimum absolute atomic E-state index is 0.128. The lowest BCUT2D eigenvalue weighted by Gasteiger charge is -2.30. The van der Waals surface area contributed by atoms with E-state index in [1.54, 1.807) is 0 Å². The predicted molar refractivity (Wildman–Crippen MR) is 128 cm³/mol. The fraction of sp³-hybridized carbons (Fsp3) is 0.321. The number of hydrogen-bond donors (Lipinski definition) is 1. The topological polar surface area (TPSA) is 77.5 Å². The van der Waals surface area contributed by atoms with Gasteiger partial charge in [0.2, 0.25) is 0 Å². The first-order valence-electron chi connectivity index (χ1n) is 11.8. The summed E-state index contributed by atoms with van der Waals surface area (Å²) in [5.74, 6) is -0.346. The molecule has 0 aromatic heterocycles. The molecule has 5 rings (SSSR count). The van der Waals surface area contributed by atoms with Crippen molar-refractivity contribution in [2.24, 2.45) is 5.92 Å². The Morgan fingerprint density at radius 3 is 1.80 bits per heavy atom. The van der Waals surface area contributed by atoms with Crippen molar-refractivity contribution >= 4 is 6.09 Å². The van der Waals surface area contributed by atoms with Crippen LogP contribution in [0.2, 0.25) is 0 Å². The van der Waals surface area contributed by atoms with Crippen molar-refractivity contribution in [3.05, 3.63) is 108 Å². The number of carbonyl (C=O) groups excluding carboxylic acids is 1. The average Bonchev–Trinajstić information content (AvgIpc) is 3.45. The lowest BCUT2D eigenvalue weighted by Crippen LogP contribution is -2.46. The van der Waals surface area contributed by atoms with Crippen molar-refractivity contribution in [2.75, 3.05) is 6.61 Å². The van der Waals surface area contributed by atoms with E-state index in [1.807, 2.05) is 91.0 Å². The first-order chi connectivity index (χ1) is 17.2. The third-order valence-corrected chi connectivity index (χ3v) is 6.51. The van der Waals surface area contributed by atoms with E-state index >= 15 is 0 Å². The number of rotatable bonds is 8. The van der Waals surface area contributed by atoms with Crippen molar-refractivity contribution in [2.45, 2.75) is 44.2 Å². The second kappa shape index (κ2) is 11.0. The summed E-state index contributed by atoms with van der Waals surface area (Å²) >= 11 is 0. The third-order valence-electron chi connectivity index (χ3n) is 6.51. The lowest BCUT2D eigenvalue weighted by molar-refractivity contribution is -0.170. The van der Waals surface area contributed by atoms with Crippen molar-refractivity contribution in [1.29, 1.82) is 0 Å². The molecule has 1 saturated carbocycles. The van der Waals surface area contributed by atoms with Crippen LogP contribution in [-0.4, -0.2) is 47.2 Å². The second-order valence-corrected chi connectivity index (χ2v) is 8.83. The molecule has 1 N–H and O–H groups in total. The minimum Gasteiger partial charge on any atom is -0.443 e. The molecule has 0 radical (unpaired) electrons. The molecular weight excluding hydrogens is 446 g/mol. The van der Waals surface area contributed by atoms with Crippen LogP contribution < -0.4 is 0 Å². The molecule has 1 saturated heterocycles. The summed E-state index contributed by atoms with van der Waals surface area (Å²) in [6.45, 7) is 0.956. The zero-order valence-electron chi connectivity index (χ0n) is 19.3. The highest BCUT2D eigenvalue weighted by Gasteiger charge is 2.59. The molecule has 1 heterocycles. The summed E-state index contributed by atoms with van der Waals surface area (Å²) in [4.78, 5) is 18.7. The van der Waals surface area contributed by atoms with Gasteiger partial charge in [-0.15, -0.1) is 0 Å². The zero-order chi connectivity index (χ0) is 24.0. The number of carbonyl (C=O) groups is 1. The highest BCUT2D eigenvalue weighted by atomic mass is 16.7. The van der Waals surface area contributed by atoms with E-state index in [0.717, 1.165) is 16.7 Å². The Kier molecular flexibility index (Phi) is 7.39. The molecule has 3 aromatic rings. The number of fused-ring (bicyclic) bond motifs is 1. The Morgan fingerprint density at radius 1 is 0.771 bits per heavy atom. The van der Waals surface area contributed by atoms with Crippen LogP contribution in [-0.2, 0) is 38.9 Å². The van der Waals surface area contributed by atoms with E-state index in [1.165, 1.54) is 5.06 Å². The molecule has 3 aromatic carbocycles. The van der Waals surface area contributed by atoms with Crippen LogP contribution in [0.1, 0.15) is 16.7 Å². The summed E-state index contributed by atoms with van der Waals surface area (Å²) in [5.41, 5.74) is 2.86. The highest BCUT2D eigenvalue weighted by molar-refractivity contribution is 5.67. The van der Waals surface area contributed by atoms with Crippen LogP contribution in [0.15, 0.2) is 91.0 Å². The zero-order valence-corrected chi connectivity index (χ0v) is 19.3. The van der Waals surface area contributed by atoms with Crippen molar-refractivity contribution in [3.63, 3.8) is 0 Å². The third kappa shape index (κ3) is 5.39. The summed E-state index contributed by atoms with van der Waals surface area (Å²) in [6.07, 6.45) is -2.67. The van der Waals surface area contributed by atoms with Gasteiger partial charge in [-0.2, -0.15) is 5.06 Å². The number of aliphatic hydroxyl groups is 1. The number of benzene rings is 3. The van der Waals surface area contributed by atoms with E-state index in [4.69, 9.17) is 19.0 Å². The molecule has 0 spiro atoms. The Balaban J connectivity index is 1.32. The lowest BCUT2D eigenvalue weighted by atomic mass is 10.0. The fourth-order valence-electron chi connectivity index (χ4n) is 4.71. The summed E-state index contributed by atoms with van der Waals surface area (Å²) in [6, 6.07) is 28.5. The molecule has 182 valence electrons. The van der Waals surface area contributed by atoms with Crippen molar-refractivity contribution in [1.82, 2.24) is 5.06 Å². The maximum absolute atomic E-state index is 13.0. The van der Waals surface area contributed by atoms with Gasteiger partial charge in [-0.05, 0) is 16.7 Å². The smallest absolute Gasteiger partial charge is 0.434 e. The molecular formula is C28H29NO6. The molecule has 2 aliphatic rings. The molecule has 35 heavy (non-hydrogen) atoms. The van der Waals surface area contributed by atoms with Gasteiger partial charge < -0.3 is 19.3 Å². The number of amides is 1. The van der Waals surface area contributed by atoms with E-state index in [9.17, 15) is 9.90 Å². The largest absolute Gasteiger partial charge is 0.443 e. The highest BCUT2D eigenvalue weighted by Crippen LogP contribution is 2.40. The van der Waals surface area contributed by atoms with Gasteiger partial charge in [-0.25, -0.2) is 4.79 Å². The Bertz CT molecular complexity index is 1080. The molecule has 7 heteroatoms. The van der Waals surface area contributed by atoms with Crippen LogP contribution in [0.4, 0.5) is 4.79 Å². The van der Waals surface area contributed by atoms with Gasteiger partial charge in [0.15, 0.2) is 0 Å². The SMILES string of the molecule is O=C(OCc1ccccc1)N1OC[C@@H]2[C@@H](O)[C@H](OCc3ccccc3)[C@H](OCc3ccccc3)[C@@H]21.